The molecule has 1 heterocycles. The van der Waals surface area contributed by atoms with E-state index in [-0.39, 0.29) is 17.9 Å². The van der Waals surface area contributed by atoms with Crippen LogP contribution >= 0.6 is 0 Å². The molecule has 4 nitrogen and oxygen atoms in total. The van der Waals surface area contributed by atoms with E-state index in [2.05, 4.69) is 19.2 Å². The first-order valence-electron chi connectivity index (χ1n) is 8.10. The monoisotopic (exact) mass is 280 g/mol. The predicted octanol–water partition coefficient (Wildman–Crippen LogP) is 2.33. The topological polar surface area (TPSA) is 49.4 Å². The average molecular weight is 280 g/mol. The van der Waals surface area contributed by atoms with Crippen molar-refractivity contribution in [3.05, 3.63) is 0 Å². The molecule has 1 saturated heterocycles. The van der Waals surface area contributed by atoms with Crippen molar-refractivity contribution in [1.82, 2.24) is 10.2 Å². The predicted molar refractivity (Wildman–Crippen MR) is 79.1 cm³/mol. The maximum absolute atomic E-state index is 12.9. The largest absolute Gasteiger partial charge is 0.340 e. The van der Waals surface area contributed by atoms with Gasteiger partial charge in [-0.3, -0.25) is 9.59 Å². The number of rotatable bonds is 6. The maximum atomic E-state index is 12.9. The van der Waals surface area contributed by atoms with Crippen molar-refractivity contribution in [2.75, 3.05) is 6.54 Å². The van der Waals surface area contributed by atoms with Crippen molar-refractivity contribution in [3.8, 4) is 0 Å². The van der Waals surface area contributed by atoms with Crippen LogP contribution in [0.3, 0.4) is 0 Å². The Morgan fingerprint density at radius 3 is 2.30 bits per heavy atom. The molecule has 20 heavy (non-hydrogen) atoms. The number of piperazine rings is 1. The van der Waals surface area contributed by atoms with E-state index < -0.39 is 5.54 Å². The van der Waals surface area contributed by atoms with Gasteiger partial charge in [0.1, 0.15) is 11.6 Å². The Morgan fingerprint density at radius 1 is 1.25 bits per heavy atom. The van der Waals surface area contributed by atoms with Crippen LogP contribution in [0, 0.1) is 11.8 Å². The van der Waals surface area contributed by atoms with E-state index in [1.807, 2.05) is 18.7 Å². The zero-order valence-electron chi connectivity index (χ0n) is 13.2. The molecule has 1 aliphatic carbocycles. The molecule has 0 bridgehead atoms. The number of carbonyl (C=O) groups is 2. The van der Waals surface area contributed by atoms with Gasteiger partial charge in [0.05, 0.1) is 0 Å². The number of carbonyl (C=O) groups excluding carboxylic acids is 2. The minimum atomic E-state index is -0.658. The Balaban J connectivity index is 2.23. The fraction of sp³-hybridized carbons (Fsp3) is 0.875. The van der Waals surface area contributed by atoms with Crippen LogP contribution in [0.4, 0.5) is 0 Å². The first-order valence-corrected chi connectivity index (χ1v) is 8.10. The van der Waals surface area contributed by atoms with E-state index in [1.54, 1.807) is 0 Å². The summed E-state index contributed by atoms with van der Waals surface area (Å²) in [7, 11) is 0. The SMILES string of the molecule is CCC(CC)CN1C(=O)C(C)(C2CC2)NC(=O)C1CC. The summed E-state index contributed by atoms with van der Waals surface area (Å²) in [5.41, 5.74) is -0.658. The van der Waals surface area contributed by atoms with Crippen molar-refractivity contribution in [1.29, 1.82) is 0 Å². The third-order valence-corrected chi connectivity index (χ3v) is 5.16. The maximum Gasteiger partial charge on any atom is 0.249 e. The Labute approximate surface area is 122 Å². The molecule has 4 heteroatoms. The second kappa shape index (κ2) is 5.74. The van der Waals surface area contributed by atoms with Crippen LogP contribution < -0.4 is 5.32 Å². The van der Waals surface area contributed by atoms with Crippen LogP contribution in [0.25, 0.3) is 0 Å². The molecule has 0 radical (unpaired) electrons. The summed E-state index contributed by atoms with van der Waals surface area (Å²) in [6.45, 7) is 8.93. The van der Waals surface area contributed by atoms with Gasteiger partial charge in [0, 0.05) is 6.54 Å². The van der Waals surface area contributed by atoms with Crippen molar-refractivity contribution in [3.63, 3.8) is 0 Å². The van der Waals surface area contributed by atoms with Gasteiger partial charge in [0.25, 0.3) is 0 Å². The highest BCUT2D eigenvalue weighted by molar-refractivity contribution is 6.00. The lowest BCUT2D eigenvalue weighted by Crippen LogP contribution is -2.70. The van der Waals surface area contributed by atoms with Crippen LogP contribution in [0.1, 0.15) is 59.8 Å². The Hall–Kier alpha value is -1.06. The Morgan fingerprint density at radius 2 is 1.85 bits per heavy atom. The number of nitrogens with zero attached hydrogens (tertiary/aromatic N) is 1. The van der Waals surface area contributed by atoms with Gasteiger partial charge in [-0.1, -0.05) is 33.6 Å². The first kappa shape index (κ1) is 15.3. The summed E-state index contributed by atoms with van der Waals surface area (Å²) in [5, 5.41) is 3.01. The van der Waals surface area contributed by atoms with E-state index >= 15 is 0 Å². The molecule has 2 fully saturated rings. The quantitative estimate of drug-likeness (QED) is 0.812. The summed E-state index contributed by atoms with van der Waals surface area (Å²) >= 11 is 0. The van der Waals surface area contributed by atoms with Crippen LogP contribution in [-0.4, -0.2) is 34.8 Å². The third kappa shape index (κ3) is 2.57. The van der Waals surface area contributed by atoms with Gasteiger partial charge in [-0.05, 0) is 38.0 Å². The third-order valence-electron chi connectivity index (χ3n) is 5.16. The van der Waals surface area contributed by atoms with E-state index in [9.17, 15) is 9.59 Å². The van der Waals surface area contributed by atoms with E-state index in [0.717, 1.165) is 32.2 Å². The summed E-state index contributed by atoms with van der Waals surface area (Å²) in [6.07, 6.45) is 4.91. The van der Waals surface area contributed by atoms with Gasteiger partial charge in [0.2, 0.25) is 11.8 Å². The van der Waals surface area contributed by atoms with Gasteiger partial charge in [-0.2, -0.15) is 0 Å². The highest BCUT2D eigenvalue weighted by Crippen LogP contribution is 2.42. The zero-order valence-corrected chi connectivity index (χ0v) is 13.2. The smallest absolute Gasteiger partial charge is 0.249 e. The molecule has 1 saturated carbocycles. The van der Waals surface area contributed by atoms with E-state index in [0.29, 0.717) is 18.3 Å². The van der Waals surface area contributed by atoms with Gasteiger partial charge in [-0.25, -0.2) is 0 Å². The van der Waals surface area contributed by atoms with Crippen molar-refractivity contribution >= 4 is 11.8 Å². The normalized spacial score (nSPS) is 30.9. The molecule has 2 amide bonds. The summed E-state index contributed by atoms with van der Waals surface area (Å²) < 4.78 is 0. The van der Waals surface area contributed by atoms with Crippen molar-refractivity contribution < 1.29 is 9.59 Å². The molecular formula is C16H28N2O2. The number of nitrogens with one attached hydrogen (secondary N) is 1. The summed E-state index contributed by atoms with van der Waals surface area (Å²) in [5.74, 6) is 0.995. The lowest BCUT2D eigenvalue weighted by atomic mass is 9.87. The fourth-order valence-electron chi connectivity index (χ4n) is 3.35. The second-order valence-electron chi connectivity index (χ2n) is 6.53. The Kier molecular flexibility index (Phi) is 4.40. The molecule has 114 valence electrons. The van der Waals surface area contributed by atoms with E-state index in [1.165, 1.54) is 0 Å². The lowest BCUT2D eigenvalue weighted by molar-refractivity contribution is -0.156. The highest BCUT2D eigenvalue weighted by Gasteiger charge is 2.54. The number of hydrogen-bond acceptors (Lipinski definition) is 2. The van der Waals surface area contributed by atoms with Crippen LogP contribution in [0.5, 0.6) is 0 Å². The minimum absolute atomic E-state index is 0.0347. The number of amides is 2. The molecule has 1 aliphatic heterocycles. The zero-order chi connectivity index (χ0) is 14.9. The average Bonchev–Trinajstić information content (AvgIpc) is 3.26. The van der Waals surface area contributed by atoms with Gasteiger partial charge in [0.15, 0.2) is 0 Å². The molecule has 2 rings (SSSR count). The lowest BCUT2D eigenvalue weighted by Gasteiger charge is -2.45. The van der Waals surface area contributed by atoms with Crippen LogP contribution in [0.15, 0.2) is 0 Å². The molecule has 2 aliphatic rings. The van der Waals surface area contributed by atoms with Gasteiger partial charge >= 0.3 is 0 Å². The standard InChI is InChI=1S/C16H28N2O2/c1-5-11(6-2)10-18-13(7-3)14(19)17-16(4,15(18)20)12-8-9-12/h11-13H,5-10H2,1-4H3,(H,17,19). The fourth-order valence-corrected chi connectivity index (χ4v) is 3.35. The molecule has 2 atom stereocenters. The second-order valence-corrected chi connectivity index (χ2v) is 6.53. The Bertz CT molecular complexity index is 388. The molecule has 0 aromatic heterocycles. The molecule has 1 N–H and O–H groups in total. The molecule has 2 unspecified atom stereocenters. The summed E-state index contributed by atoms with van der Waals surface area (Å²) in [4.78, 5) is 27.2. The van der Waals surface area contributed by atoms with Crippen LogP contribution in [-0.2, 0) is 9.59 Å². The minimum Gasteiger partial charge on any atom is -0.340 e. The molecule has 0 aromatic carbocycles. The highest BCUT2D eigenvalue weighted by atomic mass is 16.2. The molecule has 0 aromatic rings. The van der Waals surface area contributed by atoms with Crippen molar-refractivity contribution in [2.24, 2.45) is 11.8 Å². The first-order chi connectivity index (χ1) is 9.47. The van der Waals surface area contributed by atoms with Crippen LogP contribution in [0.2, 0.25) is 0 Å². The molecular weight excluding hydrogens is 252 g/mol. The molecule has 0 spiro atoms. The summed E-state index contributed by atoms with van der Waals surface area (Å²) in [6, 6.07) is -0.282. The van der Waals surface area contributed by atoms with E-state index in [4.69, 9.17) is 0 Å². The van der Waals surface area contributed by atoms with Crippen molar-refractivity contribution in [2.45, 2.75) is 71.4 Å². The number of hydrogen-bond donors (Lipinski definition) is 1. The van der Waals surface area contributed by atoms with Gasteiger partial charge in [-0.15, -0.1) is 0 Å². The van der Waals surface area contributed by atoms with Gasteiger partial charge < -0.3 is 10.2 Å².